The second kappa shape index (κ2) is 5.91. The van der Waals surface area contributed by atoms with Crippen molar-refractivity contribution in [1.82, 2.24) is 15.5 Å². The highest BCUT2D eigenvalue weighted by molar-refractivity contribution is 7.13. The van der Waals surface area contributed by atoms with Crippen LogP contribution in [0.15, 0.2) is 0 Å². The fourth-order valence-electron chi connectivity index (χ4n) is 1.18. The molecular formula is C10H18N4OS. The fourth-order valence-corrected chi connectivity index (χ4v) is 1.91. The molecule has 1 heterocycles. The van der Waals surface area contributed by atoms with Gasteiger partial charge in [0.25, 0.3) is 5.91 Å². The van der Waals surface area contributed by atoms with Crippen molar-refractivity contribution >= 4 is 17.2 Å². The van der Waals surface area contributed by atoms with Gasteiger partial charge in [-0.1, -0.05) is 25.2 Å². The van der Waals surface area contributed by atoms with E-state index in [4.69, 9.17) is 5.73 Å². The van der Waals surface area contributed by atoms with Crippen LogP contribution in [0.25, 0.3) is 0 Å². The highest BCUT2D eigenvalue weighted by Gasteiger charge is 2.14. The summed E-state index contributed by atoms with van der Waals surface area (Å²) in [6, 6.07) is 0.115. The summed E-state index contributed by atoms with van der Waals surface area (Å²) in [7, 11) is 0. The Labute approximate surface area is 99.5 Å². The third-order valence-electron chi connectivity index (χ3n) is 2.19. The van der Waals surface area contributed by atoms with E-state index in [1.807, 2.05) is 6.92 Å². The van der Waals surface area contributed by atoms with E-state index in [0.717, 1.165) is 18.0 Å². The standard InChI is InChI=1S/C10H18N4OS/c1-6(2)4-5-12-7(3)9-13-14-10(16-9)8(11)15/h6-7,12H,4-5H2,1-3H3,(H2,11,15). The molecule has 1 aromatic heterocycles. The monoisotopic (exact) mass is 242 g/mol. The Morgan fingerprint density at radius 1 is 1.44 bits per heavy atom. The average molecular weight is 242 g/mol. The zero-order valence-corrected chi connectivity index (χ0v) is 10.7. The Kier molecular flexibility index (Phi) is 4.82. The third kappa shape index (κ3) is 3.86. The quantitative estimate of drug-likeness (QED) is 0.788. The second-order valence-corrected chi connectivity index (χ2v) is 5.18. The van der Waals surface area contributed by atoms with Crippen LogP contribution >= 0.6 is 11.3 Å². The van der Waals surface area contributed by atoms with Crippen molar-refractivity contribution < 1.29 is 4.79 Å². The minimum atomic E-state index is -0.516. The molecule has 0 aliphatic rings. The summed E-state index contributed by atoms with van der Waals surface area (Å²) in [5, 5.41) is 12.1. The summed E-state index contributed by atoms with van der Waals surface area (Å²) in [6.45, 7) is 7.31. The SMILES string of the molecule is CC(C)CCNC(C)c1nnc(C(N)=O)s1. The minimum absolute atomic E-state index is 0.115. The van der Waals surface area contributed by atoms with E-state index in [-0.39, 0.29) is 11.0 Å². The van der Waals surface area contributed by atoms with Gasteiger partial charge < -0.3 is 11.1 Å². The first-order valence-corrected chi connectivity index (χ1v) is 6.19. The van der Waals surface area contributed by atoms with Crippen molar-refractivity contribution in [3.63, 3.8) is 0 Å². The number of rotatable bonds is 6. The number of amides is 1. The molecule has 1 rings (SSSR count). The molecule has 0 radical (unpaired) electrons. The van der Waals surface area contributed by atoms with Crippen LogP contribution in [0.2, 0.25) is 0 Å². The summed E-state index contributed by atoms with van der Waals surface area (Å²) >= 11 is 1.25. The number of aromatic nitrogens is 2. The van der Waals surface area contributed by atoms with Gasteiger partial charge in [0.15, 0.2) is 0 Å². The number of carbonyl (C=O) groups is 1. The first-order chi connectivity index (χ1) is 7.50. The van der Waals surface area contributed by atoms with E-state index in [2.05, 4.69) is 29.4 Å². The molecule has 0 aromatic carbocycles. The second-order valence-electron chi connectivity index (χ2n) is 4.17. The number of hydrogen-bond donors (Lipinski definition) is 2. The molecule has 3 N–H and O–H groups in total. The van der Waals surface area contributed by atoms with Gasteiger partial charge in [0.1, 0.15) is 5.01 Å². The molecule has 16 heavy (non-hydrogen) atoms. The van der Waals surface area contributed by atoms with Gasteiger partial charge >= 0.3 is 0 Å². The number of primary amides is 1. The molecule has 0 fully saturated rings. The van der Waals surface area contributed by atoms with Gasteiger partial charge in [-0.05, 0) is 25.8 Å². The van der Waals surface area contributed by atoms with Crippen molar-refractivity contribution in [2.24, 2.45) is 11.7 Å². The van der Waals surface area contributed by atoms with E-state index >= 15 is 0 Å². The van der Waals surface area contributed by atoms with Crippen LogP contribution in [0.4, 0.5) is 0 Å². The zero-order chi connectivity index (χ0) is 12.1. The van der Waals surface area contributed by atoms with Crippen LogP contribution in [0.1, 0.15) is 48.0 Å². The molecular weight excluding hydrogens is 224 g/mol. The van der Waals surface area contributed by atoms with Crippen LogP contribution in [-0.2, 0) is 0 Å². The van der Waals surface area contributed by atoms with Gasteiger partial charge in [0.05, 0.1) is 6.04 Å². The molecule has 1 aromatic rings. The molecule has 0 bridgehead atoms. The van der Waals surface area contributed by atoms with E-state index in [1.54, 1.807) is 0 Å². The van der Waals surface area contributed by atoms with Gasteiger partial charge in [-0.3, -0.25) is 4.79 Å². The maximum atomic E-state index is 10.8. The fraction of sp³-hybridized carbons (Fsp3) is 0.700. The summed E-state index contributed by atoms with van der Waals surface area (Å²) in [6.07, 6.45) is 1.12. The number of nitrogens with two attached hydrogens (primary N) is 1. The van der Waals surface area contributed by atoms with E-state index < -0.39 is 5.91 Å². The smallest absolute Gasteiger partial charge is 0.279 e. The lowest BCUT2D eigenvalue weighted by atomic mass is 10.1. The third-order valence-corrected chi connectivity index (χ3v) is 3.31. The normalized spacial score (nSPS) is 13.0. The van der Waals surface area contributed by atoms with E-state index in [9.17, 15) is 4.79 Å². The number of hydrogen-bond acceptors (Lipinski definition) is 5. The average Bonchev–Trinajstić information content (AvgIpc) is 2.65. The van der Waals surface area contributed by atoms with E-state index in [1.165, 1.54) is 11.3 Å². The lowest BCUT2D eigenvalue weighted by Crippen LogP contribution is -2.20. The van der Waals surface area contributed by atoms with Gasteiger partial charge in [-0.2, -0.15) is 0 Å². The maximum Gasteiger partial charge on any atom is 0.279 e. The molecule has 0 saturated heterocycles. The molecule has 6 heteroatoms. The van der Waals surface area contributed by atoms with Gasteiger partial charge in [0, 0.05) is 0 Å². The molecule has 90 valence electrons. The molecule has 1 atom stereocenters. The van der Waals surface area contributed by atoms with Crippen LogP contribution < -0.4 is 11.1 Å². The molecule has 0 aliphatic carbocycles. The first kappa shape index (κ1) is 13.1. The molecule has 0 aliphatic heterocycles. The Morgan fingerprint density at radius 2 is 2.12 bits per heavy atom. The predicted octanol–water partition coefficient (Wildman–Crippen LogP) is 1.33. The van der Waals surface area contributed by atoms with Crippen molar-refractivity contribution in [1.29, 1.82) is 0 Å². The highest BCUT2D eigenvalue weighted by Crippen LogP contribution is 2.17. The van der Waals surface area contributed by atoms with Crippen molar-refractivity contribution in [2.45, 2.75) is 33.2 Å². The Balaban J connectivity index is 2.46. The Morgan fingerprint density at radius 3 is 2.62 bits per heavy atom. The Hall–Kier alpha value is -1.01. The van der Waals surface area contributed by atoms with Crippen LogP contribution in [0.3, 0.4) is 0 Å². The number of nitrogens with one attached hydrogen (secondary N) is 1. The first-order valence-electron chi connectivity index (χ1n) is 5.37. The minimum Gasteiger partial charge on any atom is -0.363 e. The zero-order valence-electron chi connectivity index (χ0n) is 9.86. The van der Waals surface area contributed by atoms with Gasteiger partial charge in [0.2, 0.25) is 5.01 Å². The topological polar surface area (TPSA) is 80.9 Å². The van der Waals surface area contributed by atoms with Gasteiger partial charge in [-0.25, -0.2) is 0 Å². The predicted molar refractivity (Wildman–Crippen MR) is 64.3 cm³/mol. The molecule has 1 amide bonds. The summed E-state index contributed by atoms with van der Waals surface area (Å²) < 4.78 is 0. The van der Waals surface area contributed by atoms with E-state index in [0.29, 0.717) is 5.92 Å². The maximum absolute atomic E-state index is 10.8. The lowest BCUT2D eigenvalue weighted by molar-refractivity contribution is 0.0999. The molecule has 1 unspecified atom stereocenters. The van der Waals surface area contributed by atoms with Crippen molar-refractivity contribution in [2.75, 3.05) is 6.54 Å². The van der Waals surface area contributed by atoms with Crippen LogP contribution in [0, 0.1) is 5.92 Å². The largest absolute Gasteiger partial charge is 0.363 e. The summed E-state index contributed by atoms with van der Waals surface area (Å²) in [4.78, 5) is 10.8. The molecule has 5 nitrogen and oxygen atoms in total. The highest BCUT2D eigenvalue weighted by atomic mass is 32.1. The molecule has 0 spiro atoms. The number of carbonyl (C=O) groups excluding carboxylic acids is 1. The lowest BCUT2D eigenvalue weighted by Gasteiger charge is -2.11. The molecule has 0 saturated carbocycles. The van der Waals surface area contributed by atoms with Crippen LogP contribution in [0.5, 0.6) is 0 Å². The summed E-state index contributed by atoms with van der Waals surface area (Å²) in [5.41, 5.74) is 5.12. The van der Waals surface area contributed by atoms with Gasteiger partial charge in [-0.15, -0.1) is 10.2 Å². The number of nitrogens with zero attached hydrogens (tertiary/aromatic N) is 2. The summed E-state index contributed by atoms with van der Waals surface area (Å²) in [5.74, 6) is 0.161. The van der Waals surface area contributed by atoms with Crippen molar-refractivity contribution in [3.05, 3.63) is 10.0 Å². The van der Waals surface area contributed by atoms with Crippen LogP contribution in [-0.4, -0.2) is 22.6 Å². The Bertz CT molecular complexity index is 350. The van der Waals surface area contributed by atoms with Crippen molar-refractivity contribution in [3.8, 4) is 0 Å².